The van der Waals surface area contributed by atoms with Crippen LogP contribution in [-0.4, -0.2) is 38.9 Å². The number of aryl methyl sites for hydroxylation is 2. The number of ketones is 2. The van der Waals surface area contributed by atoms with Crippen LogP contribution in [0.15, 0.2) is 66.7 Å². The van der Waals surface area contributed by atoms with Crippen LogP contribution < -0.4 is 9.47 Å². The minimum Gasteiger partial charge on any atom is -0.493 e. The van der Waals surface area contributed by atoms with E-state index in [1.165, 1.54) is 31.4 Å². The van der Waals surface area contributed by atoms with Gasteiger partial charge < -0.3 is 14.2 Å². The number of Topliss-reactive ketones (excluding diaryl/α,β-unsaturated/α-hetero) is 2. The van der Waals surface area contributed by atoms with Crippen LogP contribution in [0.1, 0.15) is 42.2 Å². The maximum Gasteiger partial charge on any atom is 0.337 e. The van der Waals surface area contributed by atoms with Crippen molar-refractivity contribution < 1.29 is 28.6 Å². The van der Waals surface area contributed by atoms with Gasteiger partial charge in [-0.05, 0) is 54.3 Å². The molecule has 0 aromatic heterocycles. The summed E-state index contributed by atoms with van der Waals surface area (Å²) in [4.78, 5) is 36.9. The largest absolute Gasteiger partial charge is 0.493 e. The third-order valence-corrected chi connectivity index (χ3v) is 5.11. The Bertz CT molecular complexity index is 1130. The van der Waals surface area contributed by atoms with Gasteiger partial charge in [-0.25, -0.2) is 4.79 Å². The topological polar surface area (TPSA) is 78.9 Å². The van der Waals surface area contributed by atoms with E-state index in [0.29, 0.717) is 29.0 Å². The number of carbonyl (C=O) groups is 3. The summed E-state index contributed by atoms with van der Waals surface area (Å²) in [6, 6.07) is 18.6. The minimum absolute atomic E-state index is 0.221. The van der Waals surface area contributed by atoms with E-state index in [2.05, 4.69) is 4.74 Å². The molecule has 0 aliphatic rings. The van der Waals surface area contributed by atoms with E-state index >= 15 is 0 Å². The highest BCUT2D eigenvalue weighted by molar-refractivity contribution is 6.49. The number of rotatable bonds is 9. The van der Waals surface area contributed by atoms with E-state index < -0.39 is 17.5 Å². The van der Waals surface area contributed by atoms with Crippen LogP contribution in [0, 0.1) is 0 Å². The van der Waals surface area contributed by atoms with Gasteiger partial charge in [0.25, 0.3) is 0 Å². The Morgan fingerprint density at radius 3 is 1.84 bits per heavy atom. The minimum atomic E-state index is -0.626. The van der Waals surface area contributed by atoms with E-state index in [1.807, 2.05) is 24.3 Å². The van der Waals surface area contributed by atoms with Gasteiger partial charge in [0.1, 0.15) is 0 Å². The fraction of sp³-hybridized carbons (Fsp3) is 0.192. The second-order valence-electron chi connectivity index (χ2n) is 7.12. The lowest BCUT2D eigenvalue weighted by molar-refractivity contribution is 0.0600. The Hall–Kier alpha value is -3.93. The number of methoxy groups -OCH3 is 3. The fourth-order valence-electron chi connectivity index (χ4n) is 3.33. The summed E-state index contributed by atoms with van der Waals surface area (Å²) in [7, 11) is 4.47. The molecule has 0 radical (unpaired) electrons. The molecular formula is C26H24O6. The number of ether oxygens (including phenoxy) is 3. The lowest BCUT2D eigenvalue weighted by atomic mass is 9.97. The van der Waals surface area contributed by atoms with E-state index in [4.69, 9.17) is 9.47 Å². The fourth-order valence-corrected chi connectivity index (χ4v) is 3.33. The zero-order valence-electron chi connectivity index (χ0n) is 18.2. The van der Waals surface area contributed by atoms with E-state index in [-0.39, 0.29) is 5.56 Å². The zero-order chi connectivity index (χ0) is 23.1. The number of hydrogen-bond donors (Lipinski definition) is 0. The normalized spacial score (nSPS) is 10.3. The molecule has 0 N–H and O–H groups in total. The highest BCUT2D eigenvalue weighted by Gasteiger charge is 2.19. The third kappa shape index (κ3) is 5.21. The Kier molecular flexibility index (Phi) is 7.39. The summed E-state index contributed by atoms with van der Waals surface area (Å²) in [5.41, 5.74) is 2.88. The van der Waals surface area contributed by atoms with Crippen molar-refractivity contribution in [3.8, 4) is 11.5 Å². The Labute approximate surface area is 186 Å². The summed E-state index contributed by atoms with van der Waals surface area (Å²) in [5, 5.41) is 0. The Balaban J connectivity index is 1.70. The van der Waals surface area contributed by atoms with Gasteiger partial charge in [-0.2, -0.15) is 0 Å². The van der Waals surface area contributed by atoms with Gasteiger partial charge in [0.15, 0.2) is 11.5 Å². The first-order valence-electron chi connectivity index (χ1n) is 10.0. The van der Waals surface area contributed by atoms with Crippen molar-refractivity contribution in [3.05, 3.63) is 94.5 Å². The second-order valence-corrected chi connectivity index (χ2v) is 7.12. The van der Waals surface area contributed by atoms with Crippen molar-refractivity contribution in [1.29, 1.82) is 0 Å². The van der Waals surface area contributed by atoms with Crippen molar-refractivity contribution in [2.24, 2.45) is 0 Å². The Morgan fingerprint density at radius 1 is 0.625 bits per heavy atom. The maximum absolute atomic E-state index is 12.7. The molecule has 0 saturated carbocycles. The first kappa shape index (κ1) is 22.7. The van der Waals surface area contributed by atoms with Gasteiger partial charge >= 0.3 is 5.97 Å². The SMILES string of the molecule is COC(=O)c1ccc(C(=O)C(=O)c2cccc(CCc3ccc(OC)c(OC)c3)c2)cc1. The predicted molar refractivity (Wildman–Crippen MR) is 120 cm³/mol. The molecular weight excluding hydrogens is 408 g/mol. The number of esters is 1. The first-order valence-corrected chi connectivity index (χ1v) is 10.0. The zero-order valence-corrected chi connectivity index (χ0v) is 18.2. The van der Waals surface area contributed by atoms with Crippen molar-refractivity contribution in [2.45, 2.75) is 12.8 Å². The average Bonchev–Trinajstić information content (AvgIpc) is 2.86. The van der Waals surface area contributed by atoms with Gasteiger partial charge in [-0.3, -0.25) is 9.59 Å². The highest BCUT2D eigenvalue weighted by atomic mass is 16.5. The molecule has 3 rings (SSSR count). The first-order chi connectivity index (χ1) is 15.5. The maximum atomic E-state index is 12.7. The van der Waals surface area contributed by atoms with Gasteiger partial charge in [0.05, 0.1) is 26.9 Å². The highest BCUT2D eigenvalue weighted by Crippen LogP contribution is 2.28. The summed E-state index contributed by atoms with van der Waals surface area (Å²) in [5.74, 6) is -0.389. The van der Waals surface area contributed by atoms with Crippen LogP contribution in [-0.2, 0) is 17.6 Å². The standard InChI is InChI=1S/C26H24O6/c1-30-22-14-9-18(16-23(22)31-2)8-7-17-5-4-6-21(15-17)25(28)24(27)19-10-12-20(13-11-19)26(29)32-3/h4-6,9-16H,7-8H2,1-3H3. The average molecular weight is 432 g/mol. The van der Waals surface area contributed by atoms with Crippen molar-refractivity contribution >= 4 is 17.5 Å². The lowest BCUT2D eigenvalue weighted by Crippen LogP contribution is -2.15. The molecule has 0 heterocycles. The molecule has 6 heteroatoms. The molecule has 164 valence electrons. The van der Waals surface area contributed by atoms with Crippen molar-refractivity contribution in [3.63, 3.8) is 0 Å². The van der Waals surface area contributed by atoms with E-state index in [0.717, 1.165) is 17.5 Å². The molecule has 0 spiro atoms. The van der Waals surface area contributed by atoms with Crippen LogP contribution in [0.2, 0.25) is 0 Å². The van der Waals surface area contributed by atoms with Gasteiger partial charge in [-0.1, -0.05) is 36.4 Å². The van der Waals surface area contributed by atoms with Crippen LogP contribution >= 0.6 is 0 Å². The molecule has 6 nitrogen and oxygen atoms in total. The molecule has 0 unspecified atom stereocenters. The summed E-state index contributed by atoms with van der Waals surface area (Å²) in [6.45, 7) is 0. The summed E-state index contributed by atoms with van der Waals surface area (Å²) >= 11 is 0. The van der Waals surface area contributed by atoms with E-state index in [9.17, 15) is 14.4 Å². The van der Waals surface area contributed by atoms with Gasteiger partial charge in [0, 0.05) is 11.1 Å². The molecule has 0 aliphatic carbocycles. The molecule has 0 amide bonds. The van der Waals surface area contributed by atoms with Crippen LogP contribution in [0.5, 0.6) is 11.5 Å². The molecule has 0 aliphatic heterocycles. The third-order valence-electron chi connectivity index (χ3n) is 5.11. The molecule has 3 aromatic carbocycles. The number of benzene rings is 3. The quantitative estimate of drug-likeness (QED) is 0.284. The van der Waals surface area contributed by atoms with E-state index in [1.54, 1.807) is 32.4 Å². The van der Waals surface area contributed by atoms with Crippen LogP contribution in [0.4, 0.5) is 0 Å². The monoisotopic (exact) mass is 432 g/mol. The molecule has 0 atom stereocenters. The molecule has 0 fully saturated rings. The number of hydrogen-bond acceptors (Lipinski definition) is 6. The molecule has 0 bridgehead atoms. The molecule has 32 heavy (non-hydrogen) atoms. The summed E-state index contributed by atoms with van der Waals surface area (Å²) < 4.78 is 15.2. The lowest BCUT2D eigenvalue weighted by Gasteiger charge is -2.10. The van der Waals surface area contributed by atoms with Crippen molar-refractivity contribution in [1.82, 2.24) is 0 Å². The van der Waals surface area contributed by atoms with Gasteiger partial charge in [0.2, 0.25) is 11.6 Å². The molecule has 0 saturated heterocycles. The van der Waals surface area contributed by atoms with Crippen LogP contribution in [0.25, 0.3) is 0 Å². The Morgan fingerprint density at radius 2 is 1.22 bits per heavy atom. The van der Waals surface area contributed by atoms with Crippen molar-refractivity contribution in [2.75, 3.05) is 21.3 Å². The molecule has 3 aromatic rings. The smallest absolute Gasteiger partial charge is 0.337 e. The number of carbonyl (C=O) groups excluding carboxylic acids is 3. The second kappa shape index (κ2) is 10.4. The summed E-state index contributed by atoms with van der Waals surface area (Å²) in [6.07, 6.45) is 1.43. The predicted octanol–water partition coefficient (Wildman–Crippen LogP) is 4.34. The van der Waals surface area contributed by atoms with Gasteiger partial charge in [-0.15, -0.1) is 0 Å². The van der Waals surface area contributed by atoms with Crippen LogP contribution in [0.3, 0.4) is 0 Å².